The second-order valence-corrected chi connectivity index (χ2v) is 6.48. The summed E-state index contributed by atoms with van der Waals surface area (Å²) in [6, 6.07) is 0. The first kappa shape index (κ1) is 16.2. The predicted octanol–water partition coefficient (Wildman–Crippen LogP) is 2.95. The minimum Gasteiger partial charge on any atom is -0.378 e. The lowest BCUT2D eigenvalue weighted by Crippen LogP contribution is -2.62. The van der Waals surface area contributed by atoms with Crippen LogP contribution in [0.3, 0.4) is 0 Å². The Bertz CT molecular complexity index is 300. The average Bonchev–Trinajstić information content (AvgIpc) is 2.23. The lowest BCUT2D eigenvalue weighted by molar-refractivity contribution is -0.823. The van der Waals surface area contributed by atoms with Crippen LogP contribution in [0.2, 0.25) is 0 Å². The highest BCUT2D eigenvalue weighted by atomic mass is 17.0. The van der Waals surface area contributed by atoms with E-state index < -0.39 is 16.2 Å². The molecule has 1 heterocycles. The molecule has 1 aliphatic heterocycles. The molecule has 0 aromatic rings. The molecule has 0 aliphatic carbocycles. The molecule has 0 radical (unpaired) electrons. The van der Waals surface area contributed by atoms with Gasteiger partial charge in [-0.25, -0.2) is 4.94 Å². The highest BCUT2D eigenvalue weighted by Gasteiger charge is 2.48. The van der Waals surface area contributed by atoms with Gasteiger partial charge in [0, 0.05) is 17.7 Å². The van der Waals surface area contributed by atoms with Gasteiger partial charge < -0.3 is 4.74 Å². The fourth-order valence-electron chi connectivity index (χ4n) is 2.97. The number of unbranched alkanes of at least 4 members (excludes halogenated alkanes) is 1. The van der Waals surface area contributed by atoms with E-state index in [2.05, 4.69) is 6.92 Å². The standard InChI is InChI=1S/C13H26N2O4/c1-6-7-8-18-11-9-12(2,3)14(19-15(16)17)13(4,5)10-11/h11H,6-10H2,1-5H3. The summed E-state index contributed by atoms with van der Waals surface area (Å²) in [6.07, 6.45) is 3.74. The Morgan fingerprint density at radius 1 is 1.26 bits per heavy atom. The van der Waals surface area contributed by atoms with Crippen LogP contribution in [0.25, 0.3) is 0 Å². The third-order valence-corrected chi connectivity index (χ3v) is 3.55. The fraction of sp³-hybridized carbons (Fsp3) is 1.00. The van der Waals surface area contributed by atoms with Crippen molar-refractivity contribution >= 4 is 0 Å². The van der Waals surface area contributed by atoms with Crippen LogP contribution in [0, 0.1) is 10.1 Å². The van der Waals surface area contributed by atoms with Crippen LogP contribution in [0.1, 0.15) is 60.3 Å². The molecule has 0 atom stereocenters. The number of nitrogens with zero attached hydrogens (tertiary/aromatic N) is 2. The van der Waals surface area contributed by atoms with Crippen molar-refractivity contribution in [2.45, 2.75) is 77.5 Å². The van der Waals surface area contributed by atoms with Crippen LogP contribution >= 0.6 is 0 Å². The Kier molecular flexibility index (Phi) is 5.15. The summed E-state index contributed by atoms with van der Waals surface area (Å²) in [7, 11) is 0. The van der Waals surface area contributed by atoms with E-state index in [-0.39, 0.29) is 6.10 Å². The Morgan fingerprint density at radius 2 is 1.79 bits per heavy atom. The van der Waals surface area contributed by atoms with Gasteiger partial charge in [0.2, 0.25) is 0 Å². The van der Waals surface area contributed by atoms with Crippen molar-refractivity contribution < 1.29 is 14.8 Å². The minimum absolute atomic E-state index is 0.128. The van der Waals surface area contributed by atoms with Crippen LogP contribution < -0.4 is 0 Å². The number of ether oxygens (including phenoxy) is 1. The zero-order chi connectivity index (χ0) is 14.7. The molecule has 0 N–H and O–H groups in total. The summed E-state index contributed by atoms with van der Waals surface area (Å²) in [5, 5.41) is 11.4. The van der Waals surface area contributed by atoms with Gasteiger partial charge in [-0.2, -0.15) is 0 Å². The molecular weight excluding hydrogens is 248 g/mol. The van der Waals surface area contributed by atoms with Gasteiger partial charge in [0.25, 0.3) is 0 Å². The van der Waals surface area contributed by atoms with E-state index in [1.807, 2.05) is 27.7 Å². The third-order valence-electron chi connectivity index (χ3n) is 3.55. The molecule has 0 amide bonds. The number of hydroxylamine groups is 2. The zero-order valence-electron chi connectivity index (χ0n) is 12.6. The smallest absolute Gasteiger partial charge is 0.312 e. The Balaban J connectivity index is 2.72. The van der Waals surface area contributed by atoms with E-state index in [1.165, 1.54) is 5.06 Å². The van der Waals surface area contributed by atoms with Gasteiger partial charge >= 0.3 is 5.09 Å². The highest BCUT2D eigenvalue weighted by Crippen LogP contribution is 2.39. The Labute approximate surface area is 115 Å². The second-order valence-electron chi connectivity index (χ2n) is 6.48. The van der Waals surface area contributed by atoms with E-state index in [0.717, 1.165) is 32.3 Å². The molecule has 1 rings (SSSR count). The van der Waals surface area contributed by atoms with Crippen molar-refractivity contribution in [1.29, 1.82) is 0 Å². The van der Waals surface area contributed by atoms with Crippen LogP contribution in [-0.2, 0) is 9.68 Å². The number of hydrogen-bond acceptors (Lipinski definition) is 5. The monoisotopic (exact) mass is 274 g/mol. The summed E-state index contributed by atoms with van der Waals surface area (Å²) < 4.78 is 5.90. The fourth-order valence-corrected chi connectivity index (χ4v) is 2.97. The van der Waals surface area contributed by atoms with Gasteiger partial charge in [0.1, 0.15) is 0 Å². The Morgan fingerprint density at radius 3 is 2.21 bits per heavy atom. The third kappa shape index (κ3) is 4.31. The van der Waals surface area contributed by atoms with E-state index in [9.17, 15) is 10.1 Å². The van der Waals surface area contributed by atoms with Crippen molar-refractivity contribution in [3.8, 4) is 0 Å². The molecule has 0 aromatic carbocycles. The van der Waals surface area contributed by atoms with E-state index in [1.54, 1.807) is 0 Å². The SMILES string of the molecule is CCCCOC1CC(C)(C)N(O[N+](=O)[O-])C(C)(C)C1. The summed E-state index contributed by atoms with van der Waals surface area (Å²) in [5.74, 6) is 0. The first-order valence-corrected chi connectivity index (χ1v) is 6.93. The molecule has 0 unspecified atom stereocenters. The van der Waals surface area contributed by atoms with Gasteiger partial charge in [-0.1, -0.05) is 13.3 Å². The van der Waals surface area contributed by atoms with Crippen molar-refractivity contribution in [2.75, 3.05) is 6.61 Å². The zero-order valence-corrected chi connectivity index (χ0v) is 12.6. The predicted molar refractivity (Wildman–Crippen MR) is 72.0 cm³/mol. The molecule has 0 aromatic heterocycles. The molecule has 1 fully saturated rings. The number of hydrogen-bond donors (Lipinski definition) is 0. The van der Waals surface area contributed by atoms with Gasteiger partial charge in [-0.05, 0) is 47.0 Å². The number of rotatable bonds is 6. The summed E-state index contributed by atoms with van der Waals surface area (Å²) in [6.45, 7) is 10.7. The van der Waals surface area contributed by atoms with Crippen molar-refractivity contribution in [1.82, 2.24) is 5.06 Å². The van der Waals surface area contributed by atoms with E-state index >= 15 is 0 Å². The lowest BCUT2D eigenvalue weighted by atomic mass is 9.80. The molecule has 6 heteroatoms. The summed E-state index contributed by atoms with van der Waals surface area (Å²) in [4.78, 5) is 15.4. The second kappa shape index (κ2) is 6.05. The van der Waals surface area contributed by atoms with Crippen LogP contribution in [0.5, 0.6) is 0 Å². The van der Waals surface area contributed by atoms with Crippen molar-refractivity contribution in [3.05, 3.63) is 10.1 Å². The maximum absolute atomic E-state index is 10.6. The molecular formula is C13H26N2O4. The molecule has 0 saturated carbocycles. The van der Waals surface area contributed by atoms with Crippen LogP contribution in [0.4, 0.5) is 0 Å². The average molecular weight is 274 g/mol. The molecule has 0 spiro atoms. The van der Waals surface area contributed by atoms with Crippen molar-refractivity contribution in [3.63, 3.8) is 0 Å². The normalized spacial score (nSPS) is 23.2. The van der Waals surface area contributed by atoms with Gasteiger partial charge in [-0.3, -0.25) is 0 Å². The molecule has 6 nitrogen and oxygen atoms in total. The first-order valence-electron chi connectivity index (χ1n) is 6.93. The maximum Gasteiger partial charge on any atom is 0.312 e. The quantitative estimate of drug-likeness (QED) is 0.423. The van der Waals surface area contributed by atoms with Crippen LogP contribution in [0.15, 0.2) is 0 Å². The molecule has 0 bridgehead atoms. The van der Waals surface area contributed by atoms with E-state index in [0.29, 0.717) is 0 Å². The number of piperidine rings is 1. The van der Waals surface area contributed by atoms with E-state index in [4.69, 9.17) is 9.68 Å². The largest absolute Gasteiger partial charge is 0.378 e. The Hall–Kier alpha value is -0.880. The van der Waals surface area contributed by atoms with Crippen molar-refractivity contribution in [2.24, 2.45) is 0 Å². The summed E-state index contributed by atoms with van der Waals surface area (Å²) in [5.41, 5.74) is -0.850. The molecule has 19 heavy (non-hydrogen) atoms. The molecule has 112 valence electrons. The van der Waals surface area contributed by atoms with Gasteiger partial charge in [-0.15, -0.1) is 15.2 Å². The van der Waals surface area contributed by atoms with Gasteiger partial charge in [0.15, 0.2) is 0 Å². The molecule has 1 aliphatic rings. The topological polar surface area (TPSA) is 64.8 Å². The highest BCUT2D eigenvalue weighted by molar-refractivity contribution is 4.96. The maximum atomic E-state index is 10.6. The summed E-state index contributed by atoms with van der Waals surface area (Å²) >= 11 is 0. The molecule has 1 saturated heterocycles. The van der Waals surface area contributed by atoms with Crippen LogP contribution in [-0.4, -0.2) is 33.9 Å². The minimum atomic E-state index is -0.734. The first-order chi connectivity index (χ1) is 8.69. The lowest BCUT2D eigenvalue weighted by Gasteiger charge is -2.52. The van der Waals surface area contributed by atoms with Gasteiger partial charge in [0.05, 0.1) is 6.10 Å².